The fourth-order valence-electron chi connectivity index (χ4n) is 1.88. The molecule has 4 nitrogen and oxygen atoms in total. The van der Waals surface area contributed by atoms with Gasteiger partial charge in [-0.1, -0.05) is 0 Å². The zero-order chi connectivity index (χ0) is 12.9. The van der Waals surface area contributed by atoms with Crippen LogP contribution in [-0.2, 0) is 4.74 Å². The van der Waals surface area contributed by atoms with Crippen molar-refractivity contribution in [3.63, 3.8) is 0 Å². The van der Waals surface area contributed by atoms with E-state index in [1.807, 2.05) is 0 Å². The number of ether oxygens (including phenoxy) is 1. The Bertz CT molecular complexity index is 252. The standard InChI is InChI=1S/C10H17F3N2O2/c1-2-15(8-3-5-14-6-4-8)9(16)17-7-10(11,12)13/h8,14H,2-7H2,1H3. The van der Waals surface area contributed by atoms with Crippen molar-refractivity contribution in [2.45, 2.75) is 32.0 Å². The van der Waals surface area contributed by atoms with E-state index in [0.717, 1.165) is 25.9 Å². The van der Waals surface area contributed by atoms with Gasteiger partial charge in [0.25, 0.3) is 0 Å². The molecule has 17 heavy (non-hydrogen) atoms. The lowest BCUT2D eigenvalue weighted by molar-refractivity contribution is -0.163. The highest BCUT2D eigenvalue weighted by molar-refractivity contribution is 5.68. The number of amides is 1. The van der Waals surface area contributed by atoms with Gasteiger partial charge in [0.15, 0.2) is 6.61 Å². The highest BCUT2D eigenvalue weighted by Crippen LogP contribution is 2.17. The Morgan fingerprint density at radius 2 is 2.00 bits per heavy atom. The van der Waals surface area contributed by atoms with Crippen molar-refractivity contribution in [2.75, 3.05) is 26.2 Å². The molecule has 0 spiro atoms. The van der Waals surface area contributed by atoms with Crippen LogP contribution in [0.3, 0.4) is 0 Å². The van der Waals surface area contributed by atoms with Gasteiger partial charge in [-0.25, -0.2) is 4.79 Å². The summed E-state index contributed by atoms with van der Waals surface area (Å²) >= 11 is 0. The fraction of sp³-hybridized carbons (Fsp3) is 0.900. The van der Waals surface area contributed by atoms with Gasteiger partial charge in [-0.05, 0) is 32.9 Å². The van der Waals surface area contributed by atoms with E-state index in [9.17, 15) is 18.0 Å². The molecule has 0 bridgehead atoms. The third kappa shape index (κ3) is 4.80. The molecule has 1 aliphatic heterocycles. The average Bonchev–Trinajstić information content (AvgIpc) is 2.28. The van der Waals surface area contributed by atoms with Gasteiger partial charge in [-0.15, -0.1) is 0 Å². The Kier molecular flexibility index (Phi) is 5.04. The van der Waals surface area contributed by atoms with E-state index in [1.165, 1.54) is 4.90 Å². The second-order valence-electron chi connectivity index (χ2n) is 3.94. The van der Waals surface area contributed by atoms with Crippen molar-refractivity contribution in [1.82, 2.24) is 10.2 Å². The van der Waals surface area contributed by atoms with Crippen molar-refractivity contribution < 1.29 is 22.7 Å². The minimum atomic E-state index is -4.47. The Morgan fingerprint density at radius 1 is 1.41 bits per heavy atom. The van der Waals surface area contributed by atoms with Gasteiger partial charge < -0.3 is 15.0 Å². The van der Waals surface area contributed by atoms with Crippen molar-refractivity contribution in [3.8, 4) is 0 Å². The quantitative estimate of drug-likeness (QED) is 0.834. The summed E-state index contributed by atoms with van der Waals surface area (Å²) in [5.74, 6) is 0. The van der Waals surface area contributed by atoms with Crippen LogP contribution in [0.25, 0.3) is 0 Å². The van der Waals surface area contributed by atoms with Crippen LogP contribution in [0, 0.1) is 0 Å². The van der Waals surface area contributed by atoms with Crippen molar-refractivity contribution >= 4 is 6.09 Å². The first kappa shape index (κ1) is 14.1. The Labute approximate surface area is 98.1 Å². The molecule has 1 rings (SSSR count). The van der Waals surface area contributed by atoms with Crippen molar-refractivity contribution in [2.24, 2.45) is 0 Å². The van der Waals surface area contributed by atoms with Gasteiger partial charge in [0.05, 0.1) is 0 Å². The molecular formula is C10H17F3N2O2. The lowest BCUT2D eigenvalue weighted by atomic mass is 10.1. The van der Waals surface area contributed by atoms with E-state index in [2.05, 4.69) is 10.1 Å². The monoisotopic (exact) mass is 254 g/mol. The van der Waals surface area contributed by atoms with E-state index in [4.69, 9.17) is 0 Å². The topological polar surface area (TPSA) is 41.6 Å². The van der Waals surface area contributed by atoms with Crippen LogP contribution in [0.5, 0.6) is 0 Å². The normalized spacial score (nSPS) is 17.9. The lowest BCUT2D eigenvalue weighted by Gasteiger charge is -2.33. The highest BCUT2D eigenvalue weighted by atomic mass is 19.4. The maximum atomic E-state index is 11.9. The van der Waals surface area contributed by atoms with Crippen LogP contribution in [0.2, 0.25) is 0 Å². The number of nitrogens with zero attached hydrogens (tertiary/aromatic N) is 1. The minimum absolute atomic E-state index is 0.0259. The van der Waals surface area contributed by atoms with Crippen LogP contribution in [0.1, 0.15) is 19.8 Å². The van der Waals surface area contributed by atoms with E-state index < -0.39 is 18.9 Å². The minimum Gasteiger partial charge on any atom is -0.440 e. The smallest absolute Gasteiger partial charge is 0.422 e. The van der Waals surface area contributed by atoms with Gasteiger partial charge in [-0.2, -0.15) is 13.2 Å². The highest BCUT2D eigenvalue weighted by Gasteiger charge is 2.32. The largest absolute Gasteiger partial charge is 0.440 e. The number of alkyl halides is 3. The maximum absolute atomic E-state index is 11.9. The van der Waals surface area contributed by atoms with Crippen LogP contribution in [0.4, 0.5) is 18.0 Å². The molecule has 0 aromatic rings. The van der Waals surface area contributed by atoms with Gasteiger partial charge in [-0.3, -0.25) is 0 Å². The van der Waals surface area contributed by atoms with Crippen LogP contribution in [0.15, 0.2) is 0 Å². The van der Waals surface area contributed by atoms with E-state index >= 15 is 0 Å². The second-order valence-corrected chi connectivity index (χ2v) is 3.94. The van der Waals surface area contributed by atoms with Crippen molar-refractivity contribution in [3.05, 3.63) is 0 Å². The van der Waals surface area contributed by atoms with E-state index in [1.54, 1.807) is 6.92 Å². The van der Waals surface area contributed by atoms with Crippen LogP contribution in [-0.4, -0.2) is 49.5 Å². The first-order valence-electron chi connectivity index (χ1n) is 5.65. The van der Waals surface area contributed by atoms with Crippen LogP contribution >= 0.6 is 0 Å². The summed E-state index contributed by atoms with van der Waals surface area (Å²) in [4.78, 5) is 12.9. The molecule has 0 radical (unpaired) electrons. The van der Waals surface area contributed by atoms with Crippen LogP contribution < -0.4 is 5.32 Å². The number of hydrogen-bond donors (Lipinski definition) is 1. The summed E-state index contributed by atoms with van der Waals surface area (Å²) in [5.41, 5.74) is 0. The summed E-state index contributed by atoms with van der Waals surface area (Å²) in [6.45, 7) is 2.12. The molecule has 1 fully saturated rings. The van der Waals surface area contributed by atoms with E-state index in [0.29, 0.717) is 6.54 Å². The molecular weight excluding hydrogens is 237 g/mol. The van der Waals surface area contributed by atoms with Gasteiger partial charge in [0.2, 0.25) is 0 Å². The zero-order valence-corrected chi connectivity index (χ0v) is 9.72. The summed E-state index contributed by atoms with van der Waals surface area (Å²) in [7, 11) is 0. The third-order valence-corrected chi connectivity index (χ3v) is 2.68. The summed E-state index contributed by atoms with van der Waals surface area (Å²) in [5, 5.41) is 3.13. The first-order chi connectivity index (χ1) is 7.94. The van der Waals surface area contributed by atoms with Gasteiger partial charge in [0, 0.05) is 12.6 Å². The summed E-state index contributed by atoms with van der Waals surface area (Å²) in [6.07, 6.45) is -3.86. The molecule has 0 unspecified atom stereocenters. The third-order valence-electron chi connectivity index (χ3n) is 2.68. The Balaban J connectivity index is 2.45. The number of rotatable bonds is 3. The molecule has 0 aromatic carbocycles. The maximum Gasteiger partial charge on any atom is 0.422 e. The molecule has 1 saturated heterocycles. The molecule has 0 saturated carbocycles. The molecule has 100 valence electrons. The van der Waals surface area contributed by atoms with Crippen molar-refractivity contribution in [1.29, 1.82) is 0 Å². The number of halogens is 3. The fourth-order valence-corrected chi connectivity index (χ4v) is 1.88. The molecule has 0 atom stereocenters. The number of piperidine rings is 1. The number of nitrogens with one attached hydrogen (secondary N) is 1. The molecule has 1 heterocycles. The first-order valence-corrected chi connectivity index (χ1v) is 5.65. The number of carbonyl (C=O) groups is 1. The van der Waals surface area contributed by atoms with E-state index in [-0.39, 0.29) is 6.04 Å². The Hall–Kier alpha value is -0.980. The molecule has 7 heteroatoms. The lowest BCUT2D eigenvalue weighted by Crippen LogP contribution is -2.46. The molecule has 1 amide bonds. The molecule has 0 aliphatic carbocycles. The number of hydrogen-bond acceptors (Lipinski definition) is 3. The number of carbonyl (C=O) groups excluding carboxylic acids is 1. The van der Waals surface area contributed by atoms with Gasteiger partial charge >= 0.3 is 12.3 Å². The molecule has 1 N–H and O–H groups in total. The Morgan fingerprint density at radius 3 is 2.47 bits per heavy atom. The predicted molar refractivity (Wildman–Crippen MR) is 55.7 cm³/mol. The zero-order valence-electron chi connectivity index (χ0n) is 9.72. The second kappa shape index (κ2) is 6.09. The van der Waals surface area contributed by atoms with Gasteiger partial charge in [0.1, 0.15) is 0 Å². The molecule has 1 aliphatic rings. The average molecular weight is 254 g/mol. The summed E-state index contributed by atoms with van der Waals surface area (Å²) in [6, 6.07) is -0.0259. The SMILES string of the molecule is CCN(C(=O)OCC(F)(F)F)C1CCNCC1. The predicted octanol–water partition coefficient (Wildman–Crippen LogP) is 1.76. The summed E-state index contributed by atoms with van der Waals surface area (Å²) < 4.78 is 40.0. The molecule has 0 aromatic heterocycles.